The van der Waals surface area contributed by atoms with Gasteiger partial charge in [-0.15, -0.1) is 10.2 Å². The van der Waals surface area contributed by atoms with Gasteiger partial charge in [0.1, 0.15) is 11.5 Å². The number of nitrogens with zero attached hydrogens (tertiary/aromatic N) is 3. The predicted molar refractivity (Wildman–Crippen MR) is 121 cm³/mol. The van der Waals surface area contributed by atoms with Crippen LogP contribution in [0, 0.1) is 13.8 Å². The molecule has 31 heavy (non-hydrogen) atoms. The molecule has 2 heterocycles. The van der Waals surface area contributed by atoms with Crippen molar-refractivity contribution in [1.29, 1.82) is 0 Å². The Morgan fingerprint density at radius 3 is 2.71 bits per heavy atom. The Hall–Kier alpha value is -3.52. The minimum atomic E-state index is -0.111. The lowest BCUT2D eigenvalue weighted by Crippen LogP contribution is -2.15. The first-order chi connectivity index (χ1) is 15.1. The highest BCUT2D eigenvalue weighted by Crippen LogP contribution is 2.31. The van der Waals surface area contributed by atoms with Crippen molar-refractivity contribution in [3.63, 3.8) is 0 Å². The molecular formula is C23H22N4O3S. The first-order valence-corrected chi connectivity index (χ1v) is 10.7. The summed E-state index contributed by atoms with van der Waals surface area (Å²) < 4.78 is 12.8. The molecule has 0 unspecified atom stereocenters. The van der Waals surface area contributed by atoms with Crippen molar-refractivity contribution >= 4 is 23.4 Å². The van der Waals surface area contributed by atoms with Gasteiger partial charge in [-0.25, -0.2) is 0 Å². The molecule has 0 saturated carbocycles. The third-order valence-corrected chi connectivity index (χ3v) is 5.73. The van der Waals surface area contributed by atoms with Gasteiger partial charge in [0.2, 0.25) is 5.91 Å². The number of carbonyl (C=O) groups is 1. The molecule has 0 atom stereocenters. The number of thioether (sulfide) groups is 1. The van der Waals surface area contributed by atoms with E-state index < -0.39 is 0 Å². The summed E-state index contributed by atoms with van der Waals surface area (Å²) in [6.45, 7) is 3.84. The van der Waals surface area contributed by atoms with Crippen molar-refractivity contribution in [3.8, 4) is 22.8 Å². The molecule has 4 rings (SSSR count). The molecule has 8 heteroatoms. The van der Waals surface area contributed by atoms with E-state index in [1.807, 2.05) is 73.0 Å². The summed E-state index contributed by atoms with van der Waals surface area (Å²) in [7, 11) is 1.62. The van der Waals surface area contributed by atoms with Crippen molar-refractivity contribution in [2.75, 3.05) is 18.2 Å². The number of amides is 1. The Morgan fingerprint density at radius 2 is 1.97 bits per heavy atom. The van der Waals surface area contributed by atoms with Gasteiger partial charge < -0.3 is 14.5 Å². The van der Waals surface area contributed by atoms with Crippen LogP contribution in [0.4, 0.5) is 5.69 Å². The zero-order valence-corrected chi connectivity index (χ0v) is 18.3. The van der Waals surface area contributed by atoms with Crippen molar-refractivity contribution in [2.24, 2.45) is 0 Å². The number of aromatic nitrogens is 3. The fraction of sp³-hybridized carbons (Fsp3) is 0.174. The normalized spacial score (nSPS) is 10.8. The van der Waals surface area contributed by atoms with E-state index in [1.165, 1.54) is 11.8 Å². The molecule has 2 aromatic heterocycles. The zero-order valence-electron chi connectivity index (χ0n) is 17.5. The topological polar surface area (TPSA) is 82.2 Å². The second kappa shape index (κ2) is 9.09. The Kier molecular flexibility index (Phi) is 6.08. The summed E-state index contributed by atoms with van der Waals surface area (Å²) >= 11 is 1.32. The number of hydrogen-bond donors (Lipinski definition) is 1. The molecule has 0 aliphatic carbocycles. The van der Waals surface area contributed by atoms with Crippen molar-refractivity contribution < 1.29 is 13.9 Å². The summed E-state index contributed by atoms with van der Waals surface area (Å²) in [6, 6.07) is 17.2. The van der Waals surface area contributed by atoms with E-state index in [1.54, 1.807) is 13.4 Å². The van der Waals surface area contributed by atoms with Crippen LogP contribution in [-0.2, 0) is 4.79 Å². The number of nitrogens with one attached hydrogen (secondary N) is 1. The molecule has 0 bridgehead atoms. The van der Waals surface area contributed by atoms with Crippen LogP contribution in [-0.4, -0.2) is 33.5 Å². The molecule has 0 spiro atoms. The van der Waals surface area contributed by atoms with Crippen molar-refractivity contribution in [2.45, 2.75) is 19.0 Å². The maximum Gasteiger partial charge on any atom is 0.234 e. The van der Waals surface area contributed by atoms with Gasteiger partial charge in [0.15, 0.2) is 11.0 Å². The van der Waals surface area contributed by atoms with Gasteiger partial charge in [-0.3, -0.25) is 9.36 Å². The standard InChI is InChI=1S/C23H22N4O3S/c1-15-7-4-5-10-20(15)24-21(28)14-31-23-26-25-22(19-11-12-30-16(19)2)27(23)17-8-6-9-18(13-17)29-3/h4-13H,14H2,1-3H3,(H,24,28). The number of anilines is 1. The lowest BCUT2D eigenvalue weighted by atomic mass is 10.2. The van der Waals surface area contributed by atoms with Crippen LogP contribution in [0.5, 0.6) is 5.75 Å². The molecule has 1 amide bonds. The van der Waals surface area contributed by atoms with Crippen LogP contribution < -0.4 is 10.1 Å². The van der Waals surface area contributed by atoms with Gasteiger partial charge in [0, 0.05) is 11.8 Å². The number of carbonyl (C=O) groups excluding carboxylic acids is 1. The number of methoxy groups -OCH3 is 1. The SMILES string of the molecule is COc1cccc(-n2c(SCC(=O)Nc3ccccc3C)nnc2-c2ccoc2C)c1. The van der Waals surface area contributed by atoms with E-state index in [-0.39, 0.29) is 11.7 Å². The number of para-hydroxylation sites is 1. The first kappa shape index (κ1) is 20.7. The minimum absolute atomic E-state index is 0.111. The highest BCUT2D eigenvalue weighted by atomic mass is 32.2. The smallest absolute Gasteiger partial charge is 0.234 e. The first-order valence-electron chi connectivity index (χ1n) is 9.69. The maximum atomic E-state index is 12.6. The van der Waals surface area contributed by atoms with Gasteiger partial charge >= 0.3 is 0 Å². The Balaban J connectivity index is 1.63. The van der Waals surface area contributed by atoms with Crippen LogP contribution in [0.25, 0.3) is 17.1 Å². The highest BCUT2D eigenvalue weighted by molar-refractivity contribution is 7.99. The Bertz CT molecular complexity index is 1220. The molecule has 7 nitrogen and oxygen atoms in total. The molecule has 2 aromatic carbocycles. The van der Waals surface area contributed by atoms with E-state index in [0.717, 1.165) is 28.3 Å². The molecule has 0 radical (unpaired) electrons. The van der Waals surface area contributed by atoms with E-state index in [4.69, 9.17) is 9.15 Å². The molecule has 1 N–H and O–H groups in total. The van der Waals surface area contributed by atoms with Crippen LogP contribution in [0.2, 0.25) is 0 Å². The summed E-state index contributed by atoms with van der Waals surface area (Å²) in [5, 5.41) is 12.3. The quantitative estimate of drug-likeness (QED) is 0.417. The fourth-order valence-corrected chi connectivity index (χ4v) is 3.92. The third-order valence-electron chi connectivity index (χ3n) is 4.80. The van der Waals surface area contributed by atoms with Crippen LogP contribution >= 0.6 is 11.8 Å². The molecule has 158 valence electrons. The minimum Gasteiger partial charge on any atom is -0.497 e. The van der Waals surface area contributed by atoms with E-state index in [2.05, 4.69) is 15.5 Å². The molecule has 0 fully saturated rings. The average molecular weight is 435 g/mol. The molecule has 0 aliphatic rings. The molecular weight excluding hydrogens is 412 g/mol. The second-order valence-electron chi connectivity index (χ2n) is 6.89. The van der Waals surface area contributed by atoms with Gasteiger partial charge in [0.05, 0.1) is 30.4 Å². The Morgan fingerprint density at radius 1 is 1.13 bits per heavy atom. The fourth-order valence-electron chi connectivity index (χ4n) is 3.17. The van der Waals surface area contributed by atoms with Crippen molar-refractivity contribution in [1.82, 2.24) is 14.8 Å². The van der Waals surface area contributed by atoms with E-state index >= 15 is 0 Å². The molecule has 4 aromatic rings. The third kappa shape index (κ3) is 4.49. The highest BCUT2D eigenvalue weighted by Gasteiger charge is 2.20. The number of furan rings is 1. The zero-order chi connectivity index (χ0) is 21.8. The summed E-state index contributed by atoms with van der Waals surface area (Å²) in [5.74, 6) is 2.18. The summed E-state index contributed by atoms with van der Waals surface area (Å²) in [4.78, 5) is 12.6. The maximum absolute atomic E-state index is 12.6. The predicted octanol–water partition coefficient (Wildman–Crippen LogP) is 4.88. The molecule has 0 saturated heterocycles. The number of ether oxygens (including phenoxy) is 1. The van der Waals surface area contributed by atoms with E-state index in [0.29, 0.717) is 16.7 Å². The molecule has 0 aliphatic heterocycles. The van der Waals surface area contributed by atoms with Gasteiger partial charge in [0.25, 0.3) is 0 Å². The van der Waals surface area contributed by atoms with Crippen molar-refractivity contribution in [3.05, 3.63) is 72.2 Å². The average Bonchev–Trinajstić information content (AvgIpc) is 3.39. The van der Waals surface area contributed by atoms with E-state index in [9.17, 15) is 4.79 Å². The monoisotopic (exact) mass is 434 g/mol. The summed E-state index contributed by atoms with van der Waals surface area (Å²) in [6.07, 6.45) is 1.62. The number of benzene rings is 2. The van der Waals surface area contributed by atoms with Gasteiger partial charge in [-0.1, -0.05) is 36.0 Å². The number of aryl methyl sites for hydroxylation is 2. The largest absolute Gasteiger partial charge is 0.497 e. The Labute approximate surface area is 184 Å². The lowest BCUT2D eigenvalue weighted by molar-refractivity contribution is -0.113. The second-order valence-corrected chi connectivity index (χ2v) is 7.83. The number of rotatable bonds is 7. The van der Waals surface area contributed by atoms with Gasteiger partial charge in [-0.2, -0.15) is 0 Å². The number of hydrogen-bond acceptors (Lipinski definition) is 6. The van der Waals surface area contributed by atoms with Crippen LogP contribution in [0.1, 0.15) is 11.3 Å². The van der Waals surface area contributed by atoms with Crippen LogP contribution in [0.3, 0.4) is 0 Å². The summed E-state index contributed by atoms with van der Waals surface area (Å²) in [5.41, 5.74) is 3.49. The van der Waals surface area contributed by atoms with Crippen LogP contribution in [0.15, 0.2) is 70.4 Å². The van der Waals surface area contributed by atoms with Gasteiger partial charge in [-0.05, 0) is 43.7 Å². The lowest BCUT2D eigenvalue weighted by Gasteiger charge is -2.12.